The first kappa shape index (κ1) is 19.1. The fourth-order valence-corrected chi connectivity index (χ4v) is 2.87. The largest absolute Gasteiger partial charge is 0.416 e. The van der Waals surface area contributed by atoms with Gasteiger partial charge < -0.3 is 0 Å². The van der Waals surface area contributed by atoms with Gasteiger partial charge in [-0.15, -0.1) is 0 Å². The van der Waals surface area contributed by atoms with Crippen molar-refractivity contribution in [3.63, 3.8) is 0 Å². The van der Waals surface area contributed by atoms with Gasteiger partial charge in [-0.1, -0.05) is 17.7 Å². The molecule has 0 fully saturated rings. The van der Waals surface area contributed by atoms with Crippen LogP contribution in [0.15, 0.2) is 66.8 Å². The number of nitrogens with one attached hydrogen (secondary N) is 2. The van der Waals surface area contributed by atoms with Crippen LogP contribution in [0.25, 0.3) is 0 Å². The van der Waals surface area contributed by atoms with E-state index < -0.39 is 11.7 Å². The summed E-state index contributed by atoms with van der Waals surface area (Å²) in [6, 6.07) is 7.29. The van der Waals surface area contributed by atoms with Gasteiger partial charge in [0.25, 0.3) is 0 Å². The monoisotopic (exact) mass is 394 g/mol. The molecule has 1 aliphatic heterocycles. The van der Waals surface area contributed by atoms with E-state index in [4.69, 9.17) is 11.6 Å². The number of aromatic nitrogens is 1. The van der Waals surface area contributed by atoms with E-state index in [0.29, 0.717) is 0 Å². The van der Waals surface area contributed by atoms with Gasteiger partial charge in [0.2, 0.25) is 0 Å². The molecule has 0 atom stereocenters. The Hall–Kier alpha value is -2.67. The summed E-state index contributed by atoms with van der Waals surface area (Å²) in [4.78, 5) is 4.09. The first-order valence-corrected chi connectivity index (χ1v) is 8.74. The van der Waals surface area contributed by atoms with Crippen molar-refractivity contribution >= 4 is 17.3 Å². The number of allylic oxidation sites excluding steroid dienone is 2. The van der Waals surface area contributed by atoms with Gasteiger partial charge in [0, 0.05) is 29.8 Å². The number of alkyl halides is 3. The van der Waals surface area contributed by atoms with Gasteiger partial charge in [-0.2, -0.15) is 13.2 Å². The summed E-state index contributed by atoms with van der Waals surface area (Å²) in [5, 5.41) is 1.48. The molecule has 1 aromatic heterocycles. The van der Waals surface area contributed by atoms with Crippen LogP contribution in [0.1, 0.15) is 24.0 Å². The number of hydrogen-bond acceptors (Lipinski definition) is 4. The van der Waals surface area contributed by atoms with Crippen molar-refractivity contribution in [2.75, 3.05) is 5.43 Å². The second-order valence-corrected chi connectivity index (χ2v) is 6.52. The molecule has 1 aliphatic rings. The summed E-state index contributed by atoms with van der Waals surface area (Å²) in [5.41, 5.74) is 7.54. The highest BCUT2D eigenvalue weighted by molar-refractivity contribution is 6.30. The highest BCUT2D eigenvalue weighted by Crippen LogP contribution is 2.33. The molecule has 0 saturated carbocycles. The van der Waals surface area contributed by atoms with Crippen LogP contribution in [0, 0.1) is 0 Å². The fourth-order valence-electron chi connectivity index (χ4n) is 2.64. The number of pyridine rings is 1. The molecule has 2 N–H and O–H groups in total. The number of benzene rings is 1. The van der Waals surface area contributed by atoms with E-state index in [1.54, 1.807) is 12.4 Å². The number of rotatable bonds is 6. The van der Waals surface area contributed by atoms with Crippen molar-refractivity contribution in [1.29, 1.82) is 0 Å². The van der Waals surface area contributed by atoms with Crippen LogP contribution in [0.3, 0.4) is 0 Å². The maximum Gasteiger partial charge on any atom is 0.416 e. The fraction of sp³-hybridized carbons (Fsp3) is 0.211. The third kappa shape index (κ3) is 5.65. The average Bonchev–Trinajstić information content (AvgIpc) is 2.63. The lowest BCUT2D eigenvalue weighted by Crippen LogP contribution is -2.36. The molecule has 0 bridgehead atoms. The second kappa shape index (κ2) is 8.35. The van der Waals surface area contributed by atoms with Crippen molar-refractivity contribution < 1.29 is 13.2 Å². The molecule has 8 heteroatoms. The third-order valence-corrected chi connectivity index (χ3v) is 4.17. The smallest absolute Gasteiger partial charge is 0.287 e. The highest BCUT2D eigenvalue weighted by Gasteiger charge is 2.31. The first-order chi connectivity index (χ1) is 12.9. The van der Waals surface area contributed by atoms with Crippen LogP contribution in [0.2, 0.25) is 5.02 Å². The molecule has 0 amide bonds. The molecule has 0 unspecified atom stereocenters. The predicted octanol–water partition coefficient (Wildman–Crippen LogP) is 5.32. The number of halogens is 4. The maximum absolute atomic E-state index is 12.9. The van der Waals surface area contributed by atoms with Gasteiger partial charge in [0.1, 0.15) is 0 Å². The molecule has 2 heterocycles. The van der Waals surface area contributed by atoms with Crippen LogP contribution >= 0.6 is 11.6 Å². The topological polar surface area (TPSA) is 40.2 Å². The first-order valence-electron chi connectivity index (χ1n) is 8.36. The van der Waals surface area contributed by atoms with Crippen molar-refractivity contribution in [3.05, 3.63) is 82.9 Å². The van der Waals surface area contributed by atoms with Crippen molar-refractivity contribution in [2.45, 2.75) is 25.4 Å². The Morgan fingerprint density at radius 1 is 1.19 bits per heavy atom. The average molecular weight is 395 g/mol. The van der Waals surface area contributed by atoms with E-state index in [0.717, 1.165) is 37.0 Å². The minimum atomic E-state index is -4.45. The maximum atomic E-state index is 12.9. The number of nitrogens with zero attached hydrogens (tertiary/aromatic N) is 2. The Morgan fingerprint density at radius 2 is 2.04 bits per heavy atom. The lowest BCUT2D eigenvalue weighted by Gasteiger charge is -2.26. The molecule has 0 spiro atoms. The molecular weight excluding hydrogens is 377 g/mol. The number of hydrazine groups is 2. The predicted molar refractivity (Wildman–Crippen MR) is 99.4 cm³/mol. The summed E-state index contributed by atoms with van der Waals surface area (Å²) in [7, 11) is 0. The quantitative estimate of drug-likeness (QED) is 0.695. The van der Waals surface area contributed by atoms with E-state index in [1.165, 1.54) is 16.7 Å². The summed E-state index contributed by atoms with van der Waals surface area (Å²) in [5.74, 6) is 0. The molecule has 4 nitrogen and oxygen atoms in total. The summed E-state index contributed by atoms with van der Waals surface area (Å²) in [6.07, 6.45) is 7.37. The Morgan fingerprint density at radius 3 is 2.70 bits per heavy atom. The molecule has 0 saturated heterocycles. The van der Waals surface area contributed by atoms with Crippen LogP contribution < -0.4 is 10.9 Å². The van der Waals surface area contributed by atoms with Crippen LogP contribution in [-0.4, -0.2) is 10.1 Å². The normalized spacial score (nSPS) is 13.9. The SMILES string of the molecule is FC(F)(F)c1cc(Cl)cc(NN2C=CC(CCCc3cccnc3)=CN2)c1. The van der Waals surface area contributed by atoms with Gasteiger partial charge in [-0.3, -0.25) is 15.8 Å². The Bertz CT molecular complexity index is 835. The highest BCUT2D eigenvalue weighted by atomic mass is 35.5. The number of hydrogen-bond donors (Lipinski definition) is 2. The Labute approximate surface area is 160 Å². The van der Waals surface area contributed by atoms with Crippen molar-refractivity contribution in [3.8, 4) is 0 Å². The van der Waals surface area contributed by atoms with Crippen LogP contribution in [-0.2, 0) is 12.6 Å². The second-order valence-electron chi connectivity index (χ2n) is 6.09. The molecule has 1 aromatic carbocycles. The third-order valence-electron chi connectivity index (χ3n) is 3.96. The molecule has 0 radical (unpaired) electrons. The van der Waals surface area contributed by atoms with Gasteiger partial charge in [-0.25, -0.2) is 5.12 Å². The van der Waals surface area contributed by atoms with E-state index in [-0.39, 0.29) is 10.7 Å². The summed E-state index contributed by atoms with van der Waals surface area (Å²) in [6.45, 7) is 0. The number of aryl methyl sites for hydroxylation is 1. The van der Waals surface area contributed by atoms with Crippen LogP contribution in [0.4, 0.5) is 18.9 Å². The Kier molecular flexibility index (Phi) is 5.91. The lowest BCUT2D eigenvalue weighted by atomic mass is 10.1. The zero-order valence-electron chi connectivity index (χ0n) is 14.3. The van der Waals surface area contributed by atoms with Crippen molar-refractivity contribution in [2.24, 2.45) is 0 Å². The minimum absolute atomic E-state index is 0.0138. The lowest BCUT2D eigenvalue weighted by molar-refractivity contribution is -0.137. The van der Waals surface area contributed by atoms with Gasteiger partial charge in [0.05, 0.1) is 11.3 Å². The molecule has 27 heavy (non-hydrogen) atoms. The molecular formula is C19H18ClF3N4. The van der Waals surface area contributed by atoms with Crippen LogP contribution in [0.5, 0.6) is 0 Å². The molecule has 142 valence electrons. The van der Waals surface area contributed by atoms with E-state index in [2.05, 4.69) is 15.8 Å². The van der Waals surface area contributed by atoms with Gasteiger partial charge >= 0.3 is 6.18 Å². The summed E-state index contributed by atoms with van der Waals surface area (Å²) >= 11 is 5.79. The van der Waals surface area contributed by atoms with Gasteiger partial charge in [-0.05, 0) is 60.7 Å². The van der Waals surface area contributed by atoms with E-state index >= 15 is 0 Å². The van der Waals surface area contributed by atoms with Gasteiger partial charge in [0.15, 0.2) is 0 Å². The van der Waals surface area contributed by atoms with E-state index in [1.807, 2.05) is 30.6 Å². The van der Waals surface area contributed by atoms with Crippen molar-refractivity contribution in [1.82, 2.24) is 15.5 Å². The minimum Gasteiger partial charge on any atom is -0.287 e. The number of anilines is 1. The molecule has 3 rings (SSSR count). The standard InChI is InChI=1S/C19H18ClF3N4/c20-17-9-16(19(21,22)23)10-18(11-17)26-27-8-6-15(13-25-27)4-1-3-14-5-2-7-24-12-14/h2,5-13,25-26H,1,3-4H2. The Balaban J connectivity index is 1.52. The molecule has 2 aromatic rings. The molecule has 0 aliphatic carbocycles. The zero-order valence-corrected chi connectivity index (χ0v) is 15.1. The summed E-state index contributed by atoms with van der Waals surface area (Å²) < 4.78 is 38.6. The van der Waals surface area contributed by atoms with E-state index in [9.17, 15) is 13.2 Å². The zero-order chi connectivity index (χ0) is 19.3.